The van der Waals surface area contributed by atoms with Gasteiger partial charge in [0.1, 0.15) is 6.17 Å². The summed E-state index contributed by atoms with van der Waals surface area (Å²) < 4.78 is -1.87. The van der Waals surface area contributed by atoms with Gasteiger partial charge in [0.2, 0.25) is 3.79 Å². The molecule has 1 amide bonds. The zero-order valence-corrected chi connectivity index (χ0v) is 15.4. The third-order valence-electron chi connectivity index (χ3n) is 3.10. The van der Waals surface area contributed by atoms with Crippen molar-refractivity contribution in [3.05, 3.63) is 69.2 Å². The second-order valence-corrected chi connectivity index (χ2v) is 7.71. The maximum atomic E-state index is 12.3. The van der Waals surface area contributed by atoms with Crippen molar-refractivity contribution in [2.45, 2.75) is 9.96 Å². The number of hydrogen-bond acceptors (Lipinski definition) is 4. The monoisotopic (exact) mass is 421 g/mol. The zero-order chi connectivity index (χ0) is 18.6. The lowest BCUT2D eigenvalue weighted by molar-refractivity contribution is -0.384. The second-order valence-electron chi connectivity index (χ2n) is 4.90. The first kappa shape index (κ1) is 19.6. The summed E-state index contributed by atoms with van der Waals surface area (Å²) in [6.07, 6.45) is -1.08. The van der Waals surface area contributed by atoms with Crippen LogP contribution in [0, 0.1) is 10.1 Å². The highest BCUT2D eigenvalue weighted by atomic mass is 35.6. The van der Waals surface area contributed by atoms with E-state index in [1.54, 1.807) is 12.1 Å². The molecule has 0 aliphatic heterocycles. The van der Waals surface area contributed by atoms with E-state index in [0.29, 0.717) is 16.3 Å². The lowest BCUT2D eigenvalue weighted by Crippen LogP contribution is -2.49. The van der Waals surface area contributed by atoms with Crippen LogP contribution in [-0.2, 0) is 0 Å². The fourth-order valence-electron chi connectivity index (χ4n) is 1.86. The number of benzene rings is 2. The standard InChI is InChI=1S/C15H11Cl4N3O3/c16-10-3-1-9(2-4-10)13(23)21-14(15(17,18)19)20-11-5-7-12(8-6-11)22(24)25/h1-8,14,20H,(H,21,23)/t14-/m0/s1. The van der Waals surface area contributed by atoms with E-state index < -0.39 is 20.8 Å². The maximum Gasteiger partial charge on any atom is 0.269 e. The number of nitro groups is 1. The summed E-state index contributed by atoms with van der Waals surface area (Å²) in [7, 11) is 0. The molecule has 2 N–H and O–H groups in total. The molecule has 0 saturated heterocycles. The molecule has 6 nitrogen and oxygen atoms in total. The summed E-state index contributed by atoms with van der Waals surface area (Å²) in [4.78, 5) is 22.4. The number of non-ortho nitro benzene ring substituents is 1. The number of nitrogens with zero attached hydrogens (tertiary/aromatic N) is 1. The van der Waals surface area contributed by atoms with Crippen molar-refractivity contribution in [1.82, 2.24) is 5.32 Å². The van der Waals surface area contributed by atoms with Gasteiger partial charge in [-0.3, -0.25) is 14.9 Å². The topological polar surface area (TPSA) is 84.3 Å². The fraction of sp³-hybridized carbons (Fsp3) is 0.133. The minimum absolute atomic E-state index is 0.0822. The molecule has 0 heterocycles. The van der Waals surface area contributed by atoms with Gasteiger partial charge in [0.05, 0.1) is 4.92 Å². The number of carbonyl (C=O) groups is 1. The lowest BCUT2D eigenvalue weighted by atomic mass is 10.2. The summed E-state index contributed by atoms with van der Waals surface area (Å²) >= 11 is 23.5. The van der Waals surface area contributed by atoms with Gasteiger partial charge in [-0.25, -0.2) is 0 Å². The van der Waals surface area contributed by atoms with Gasteiger partial charge in [0.25, 0.3) is 11.6 Å². The number of nitrogens with one attached hydrogen (secondary N) is 2. The first-order valence-corrected chi connectivity index (χ1v) is 8.32. The van der Waals surface area contributed by atoms with Gasteiger partial charge < -0.3 is 10.6 Å². The molecule has 2 rings (SSSR count). The van der Waals surface area contributed by atoms with Gasteiger partial charge in [0.15, 0.2) is 0 Å². The van der Waals surface area contributed by atoms with Crippen LogP contribution in [0.2, 0.25) is 5.02 Å². The largest absolute Gasteiger partial charge is 0.362 e. The van der Waals surface area contributed by atoms with E-state index in [0.717, 1.165) is 0 Å². The predicted octanol–water partition coefficient (Wildman–Crippen LogP) is 4.79. The van der Waals surface area contributed by atoms with Crippen LogP contribution in [0.25, 0.3) is 0 Å². The van der Waals surface area contributed by atoms with Crippen molar-refractivity contribution >= 4 is 63.7 Å². The number of nitro benzene ring substituents is 1. The van der Waals surface area contributed by atoms with Gasteiger partial charge in [-0.05, 0) is 36.4 Å². The van der Waals surface area contributed by atoms with Crippen LogP contribution in [0.3, 0.4) is 0 Å². The van der Waals surface area contributed by atoms with Gasteiger partial charge >= 0.3 is 0 Å². The van der Waals surface area contributed by atoms with E-state index in [2.05, 4.69) is 10.6 Å². The maximum absolute atomic E-state index is 12.3. The summed E-state index contributed by atoms with van der Waals surface area (Å²) in [5.41, 5.74) is 0.675. The molecule has 2 aromatic rings. The number of hydrogen-bond donors (Lipinski definition) is 2. The molecule has 25 heavy (non-hydrogen) atoms. The van der Waals surface area contributed by atoms with E-state index >= 15 is 0 Å². The zero-order valence-electron chi connectivity index (χ0n) is 12.4. The Morgan fingerprint density at radius 3 is 2.08 bits per heavy atom. The van der Waals surface area contributed by atoms with E-state index in [1.165, 1.54) is 36.4 Å². The highest BCUT2D eigenvalue weighted by Gasteiger charge is 2.34. The molecule has 0 bridgehead atoms. The highest BCUT2D eigenvalue weighted by Crippen LogP contribution is 2.31. The predicted molar refractivity (Wildman–Crippen MR) is 99.7 cm³/mol. The SMILES string of the molecule is O=C(N[C@H](Nc1ccc([N+](=O)[O-])cc1)C(Cl)(Cl)Cl)c1ccc(Cl)cc1. The Kier molecular flexibility index (Phi) is 6.35. The number of alkyl halides is 3. The van der Waals surface area contributed by atoms with Crippen LogP contribution >= 0.6 is 46.4 Å². The summed E-state index contributed by atoms with van der Waals surface area (Å²) in [6.45, 7) is 0. The van der Waals surface area contributed by atoms with Crippen LogP contribution < -0.4 is 10.6 Å². The van der Waals surface area contributed by atoms with Crippen LogP contribution in [0.4, 0.5) is 11.4 Å². The summed E-state index contributed by atoms with van der Waals surface area (Å²) in [5.74, 6) is -0.484. The Morgan fingerprint density at radius 2 is 1.60 bits per heavy atom. The number of anilines is 1. The van der Waals surface area contributed by atoms with Crippen LogP contribution in [0.15, 0.2) is 48.5 Å². The molecule has 0 unspecified atom stereocenters. The second kappa shape index (κ2) is 8.10. The third kappa shape index (κ3) is 5.64. The fourth-order valence-corrected chi connectivity index (χ4v) is 2.31. The molecule has 0 aliphatic carbocycles. The average molecular weight is 423 g/mol. The number of halogens is 4. The number of carbonyl (C=O) groups excluding carboxylic acids is 1. The molecule has 0 aromatic heterocycles. The molecule has 0 fully saturated rings. The van der Waals surface area contributed by atoms with Crippen molar-refractivity contribution in [2.75, 3.05) is 5.32 Å². The van der Waals surface area contributed by atoms with Crippen molar-refractivity contribution in [2.24, 2.45) is 0 Å². The number of amides is 1. The summed E-state index contributed by atoms with van der Waals surface area (Å²) in [6, 6.07) is 11.6. The first-order valence-electron chi connectivity index (χ1n) is 6.81. The molecule has 0 saturated carbocycles. The molecular formula is C15H11Cl4N3O3. The quantitative estimate of drug-likeness (QED) is 0.314. The Labute approximate surface area is 163 Å². The summed E-state index contributed by atoms with van der Waals surface area (Å²) in [5, 5.41) is 16.5. The molecule has 10 heteroatoms. The van der Waals surface area contributed by atoms with Crippen molar-refractivity contribution < 1.29 is 9.72 Å². The molecule has 132 valence electrons. The van der Waals surface area contributed by atoms with Crippen LogP contribution in [-0.4, -0.2) is 20.8 Å². The normalized spacial score (nSPS) is 12.3. The molecular weight excluding hydrogens is 412 g/mol. The van der Waals surface area contributed by atoms with Gasteiger partial charge in [-0.1, -0.05) is 46.4 Å². The van der Waals surface area contributed by atoms with Crippen LogP contribution in [0.1, 0.15) is 10.4 Å². The first-order chi connectivity index (χ1) is 11.7. The average Bonchev–Trinajstić information content (AvgIpc) is 2.54. The Bertz CT molecular complexity index is 761. The van der Waals surface area contributed by atoms with Crippen molar-refractivity contribution in [3.63, 3.8) is 0 Å². The molecule has 0 radical (unpaired) electrons. The molecule has 0 spiro atoms. The van der Waals surface area contributed by atoms with E-state index in [-0.39, 0.29) is 5.69 Å². The van der Waals surface area contributed by atoms with Crippen LogP contribution in [0.5, 0.6) is 0 Å². The van der Waals surface area contributed by atoms with Gasteiger partial charge in [0, 0.05) is 28.4 Å². The van der Waals surface area contributed by atoms with E-state index in [1.807, 2.05) is 0 Å². The molecule has 0 aliphatic rings. The molecule has 1 atom stereocenters. The Hall–Kier alpha value is -1.73. The Balaban J connectivity index is 2.15. The van der Waals surface area contributed by atoms with Crippen molar-refractivity contribution in [3.8, 4) is 0 Å². The van der Waals surface area contributed by atoms with E-state index in [4.69, 9.17) is 46.4 Å². The molecule has 2 aromatic carbocycles. The van der Waals surface area contributed by atoms with Gasteiger partial charge in [-0.15, -0.1) is 0 Å². The highest BCUT2D eigenvalue weighted by molar-refractivity contribution is 6.68. The smallest absolute Gasteiger partial charge is 0.269 e. The van der Waals surface area contributed by atoms with Crippen molar-refractivity contribution in [1.29, 1.82) is 0 Å². The van der Waals surface area contributed by atoms with Gasteiger partial charge in [-0.2, -0.15) is 0 Å². The minimum Gasteiger partial charge on any atom is -0.362 e. The number of rotatable bonds is 5. The minimum atomic E-state index is -1.87. The van der Waals surface area contributed by atoms with E-state index in [9.17, 15) is 14.9 Å². The third-order valence-corrected chi connectivity index (χ3v) is 4.00. The Morgan fingerprint density at radius 1 is 1.04 bits per heavy atom. The lowest BCUT2D eigenvalue weighted by Gasteiger charge is -2.27.